The number of para-hydroxylation sites is 3. The molecule has 6 aromatic carbocycles. The SMILES string of the molecule is CCCCOc1ccc(S(=O)(=O)Nc2ccccc2CCc2cccc(C(=O)O)c2)cc1.O=C(O)c1cccc(CCc2ccccc2NS(=O)(=O)c2ccccc2OC(F)(F)F)c1. The van der Waals surface area contributed by atoms with E-state index in [1.807, 2.05) is 18.2 Å². The van der Waals surface area contributed by atoms with Crippen molar-refractivity contribution in [3.8, 4) is 11.5 Å². The number of hydrogen-bond donors (Lipinski definition) is 4. The zero-order valence-corrected chi connectivity index (χ0v) is 36.0. The predicted octanol–water partition coefficient (Wildman–Crippen LogP) is 10.0. The van der Waals surface area contributed by atoms with Gasteiger partial charge in [-0.25, -0.2) is 26.4 Å². The number of benzene rings is 6. The van der Waals surface area contributed by atoms with E-state index < -0.39 is 49.0 Å². The normalized spacial score (nSPS) is 11.4. The van der Waals surface area contributed by atoms with Crippen molar-refractivity contribution in [1.29, 1.82) is 0 Å². The molecule has 6 rings (SSSR count). The second-order valence-corrected chi connectivity index (χ2v) is 17.5. The maximum absolute atomic E-state index is 12.9. The minimum atomic E-state index is -5.05. The Bertz CT molecular complexity index is 2770. The van der Waals surface area contributed by atoms with Gasteiger partial charge in [0.05, 0.1) is 34.0 Å². The average Bonchev–Trinajstić information content (AvgIpc) is 3.26. The fourth-order valence-corrected chi connectivity index (χ4v) is 8.62. The van der Waals surface area contributed by atoms with Crippen molar-refractivity contribution in [2.24, 2.45) is 0 Å². The number of unbranched alkanes of at least 4 members (excludes halogenated alkanes) is 1. The number of ether oxygens (including phenoxy) is 2. The van der Waals surface area contributed by atoms with Crippen LogP contribution in [-0.2, 0) is 45.7 Å². The zero-order valence-electron chi connectivity index (χ0n) is 34.4. The molecule has 64 heavy (non-hydrogen) atoms. The van der Waals surface area contributed by atoms with E-state index in [1.54, 1.807) is 72.8 Å². The van der Waals surface area contributed by atoms with Crippen LogP contribution in [0.1, 0.15) is 62.7 Å². The summed E-state index contributed by atoms with van der Waals surface area (Å²) in [5, 5.41) is 18.3. The van der Waals surface area contributed by atoms with Crippen LogP contribution in [0.25, 0.3) is 0 Å². The number of anilines is 2. The molecule has 0 atom stereocenters. The summed E-state index contributed by atoms with van der Waals surface area (Å²) in [5.41, 5.74) is 4.11. The summed E-state index contributed by atoms with van der Waals surface area (Å²) in [6, 6.07) is 37.6. The molecule has 0 aliphatic rings. The van der Waals surface area contributed by atoms with Gasteiger partial charge >= 0.3 is 18.3 Å². The Morgan fingerprint density at radius 1 is 0.594 bits per heavy atom. The molecule has 0 spiro atoms. The van der Waals surface area contributed by atoms with Gasteiger partial charge in [-0.3, -0.25) is 9.44 Å². The third-order valence-corrected chi connectivity index (χ3v) is 12.3. The van der Waals surface area contributed by atoms with E-state index in [9.17, 15) is 39.6 Å². The van der Waals surface area contributed by atoms with E-state index >= 15 is 0 Å². The van der Waals surface area contributed by atoms with Gasteiger partial charge in [-0.2, -0.15) is 0 Å². The van der Waals surface area contributed by atoms with Crippen molar-refractivity contribution in [2.45, 2.75) is 61.6 Å². The van der Waals surface area contributed by atoms with Crippen LogP contribution in [0.2, 0.25) is 0 Å². The van der Waals surface area contributed by atoms with Crippen molar-refractivity contribution in [3.05, 3.63) is 179 Å². The smallest absolute Gasteiger partial charge is 0.494 e. The van der Waals surface area contributed by atoms with Gasteiger partial charge in [0.1, 0.15) is 16.4 Å². The van der Waals surface area contributed by atoms with Crippen LogP contribution in [0.5, 0.6) is 11.5 Å². The lowest BCUT2D eigenvalue weighted by Crippen LogP contribution is -2.21. The third-order valence-electron chi connectivity index (χ3n) is 9.50. The summed E-state index contributed by atoms with van der Waals surface area (Å²) in [4.78, 5) is 21.8. The molecule has 0 aromatic heterocycles. The van der Waals surface area contributed by atoms with E-state index in [0.29, 0.717) is 49.3 Å². The molecule has 0 radical (unpaired) electrons. The molecular formula is C47H45F3N2O10S2. The number of carboxylic acid groups (broad SMARTS) is 2. The lowest BCUT2D eigenvalue weighted by molar-refractivity contribution is -0.275. The molecule has 17 heteroatoms. The molecule has 0 bridgehead atoms. The fourth-order valence-electron chi connectivity index (χ4n) is 6.29. The number of nitrogens with one attached hydrogen (secondary N) is 2. The molecule has 0 heterocycles. The lowest BCUT2D eigenvalue weighted by Gasteiger charge is -2.16. The Labute approximate surface area is 369 Å². The average molecular weight is 919 g/mol. The molecule has 6 aromatic rings. The number of alkyl halides is 3. The minimum absolute atomic E-state index is 0.137. The van der Waals surface area contributed by atoms with Crippen LogP contribution in [0, 0.1) is 0 Å². The van der Waals surface area contributed by atoms with Crippen molar-refractivity contribution in [1.82, 2.24) is 0 Å². The van der Waals surface area contributed by atoms with Crippen LogP contribution in [-0.4, -0.2) is 52.0 Å². The summed E-state index contributed by atoms with van der Waals surface area (Å²) in [6.45, 7) is 2.68. The van der Waals surface area contributed by atoms with Crippen LogP contribution < -0.4 is 18.9 Å². The summed E-state index contributed by atoms with van der Waals surface area (Å²) >= 11 is 0. The Morgan fingerprint density at radius 3 is 1.58 bits per heavy atom. The Morgan fingerprint density at radius 2 is 1.08 bits per heavy atom. The Kier molecular flexibility index (Phi) is 16.5. The van der Waals surface area contributed by atoms with Gasteiger partial charge in [0.2, 0.25) is 0 Å². The quantitative estimate of drug-likeness (QED) is 0.0570. The van der Waals surface area contributed by atoms with Gasteiger partial charge in [0.15, 0.2) is 0 Å². The van der Waals surface area contributed by atoms with E-state index in [0.717, 1.165) is 41.7 Å². The van der Waals surface area contributed by atoms with E-state index in [4.69, 9.17) is 14.9 Å². The number of aryl methyl sites for hydroxylation is 4. The van der Waals surface area contributed by atoms with E-state index in [-0.39, 0.29) is 21.7 Å². The molecule has 0 saturated carbocycles. The predicted molar refractivity (Wildman–Crippen MR) is 236 cm³/mol. The standard InChI is InChI=1S/C25H27NO5S.C22H18F3NO5S/c1-2-3-17-31-22-13-15-23(16-14-22)32(29,30)26-24-10-5-4-8-20(24)12-11-19-7-6-9-21(18-19)25(27)28;23-22(24,25)31-19-10-3-4-11-20(19)32(29,30)26-18-9-2-1-7-16(18)13-12-15-6-5-8-17(14-15)21(27)28/h4-10,13-16,18,26H,2-3,11-12,17H2,1H3,(H,27,28);1-11,14,26H,12-13H2,(H,27,28). The number of sulfonamides is 2. The highest BCUT2D eigenvalue weighted by Gasteiger charge is 2.34. The van der Waals surface area contributed by atoms with Crippen LogP contribution >= 0.6 is 0 Å². The molecule has 4 N–H and O–H groups in total. The zero-order chi connectivity index (χ0) is 46.3. The van der Waals surface area contributed by atoms with Crippen LogP contribution in [0.15, 0.2) is 155 Å². The first kappa shape index (κ1) is 48.2. The van der Waals surface area contributed by atoms with Crippen LogP contribution in [0.3, 0.4) is 0 Å². The lowest BCUT2D eigenvalue weighted by atomic mass is 10.0. The topological polar surface area (TPSA) is 185 Å². The molecule has 0 amide bonds. The number of aromatic carboxylic acids is 2. The molecule has 0 aliphatic heterocycles. The monoisotopic (exact) mass is 918 g/mol. The van der Waals surface area contributed by atoms with Gasteiger partial charge in [0, 0.05) is 0 Å². The van der Waals surface area contributed by atoms with Gasteiger partial charge < -0.3 is 19.7 Å². The van der Waals surface area contributed by atoms with E-state index in [1.165, 1.54) is 42.5 Å². The van der Waals surface area contributed by atoms with Gasteiger partial charge in [0.25, 0.3) is 20.0 Å². The van der Waals surface area contributed by atoms with E-state index in [2.05, 4.69) is 21.1 Å². The Balaban J connectivity index is 0.000000241. The number of halogens is 3. The second kappa shape index (κ2) is 22.0. The molecule has 0 aliphatic carbocycles. The first-order chi connectivity index (χ1) is 30.4. The maximum atomic E-state index is 12.9. The number of carboxylic acids is 2. The molecule has 12 nitrogen and oxygen atoms in total. The number of rotatable bonds is 19. The summed E-state index contributed by atoms with van der Waals surface area (Å²) in [6.07, 6.45) is -1.14. The first-order valence-electron chi connectivity index (χ1n) is 19.9. The highest BCUT2D eigenvalue weighted by molar-refractivity contribution is 7.93. The maximum Gasteiger partial charge on any atom is 0.573 e. The second-order valence-electron chi connectivity index (χ2n) is 14.2. The number of hydrogen-bond acceptors (Lipinski definition) is 8. The molecule has 336 valence electrons. The molecule has 0 saturated heterocycles. The highest BCUT2D eigenvalue weighted by Crippen LogP contribution is 2.32. The highest BCUT2D eigenvalue weighted by atomic mass is 32.2. The third kappa shape index (κ3) is 14.4. The van der Waals surface area contributed by atoms with Gasteiger partial charge in [-0.1, -0.05) is 86.1 Å². The molecule has 0 fully saturated rings. The van der Waals surface area contributed by atoms with Crippen molar-refractivity contribution >= 4 is 43.4 Å². The van der Waals surface area contributed by atoms with Crippen LogP contribution in [0.4, 0.5) is 24.5 Å². The number of carbonyl (C=O) groups is 2. The first-order valence-corrected chi connectivity index (χ1v) is 22.8. The summed E-state index contributed by atoms with van der Waals surface area (Å²) in [5.74, 6) is -2.22. The molecule has 0 unspecified atom stereocenters. The van der Waals surface area contributed by atoms with Gasteiger partial charge in [-0.15, -0.1) is 13.2 Å². The van der Waals surface area contributed by atoms with Crippen molar-refractivity contribution in [2.75, 3.05) is 16.1 Å². The fraction of sp³-hybridized carbons (Fsp3) is 0.191. The van der Waals surface area contributed by atoms with Gasteiger partial charge in [-0.05, 0) is 127 Å². The summed E-state index contributed by atoms with van der Waals surface area (Å²) in [7, 11) is -8.15. The summed E-state index contributed by atoms with van der Waals surface area (Å²) < 4.78 is 104. The Hall–Kier alpha value is -6.85. The van der Waals surface area contributed by atoms with Crippen molar-refractivity contribution < 1.29 is 59.3 Å². The minimum Gasteiger partial charge on any atom is -0.494 e. The molecular weight excluding hydrogens is 874 g/mol. The largest absolute Gasteiger partial charge is 0.573 e. The van der Waals surface area contributed by atoms with Crippen molar-refractivity contribution in [3.63, 3.8) is 0 Å².